The molecule has 0 amide bonds. The highest BCUT2D eigenvalue weighted by Crippen LogP contribution is 2.50. The number of nitrogens with zero attached hydrogens (tertiary/aromatic N) is 2. The highest BCUT2D eigenvalue weighted by atomic mass is 32.2. The molecule has 0 unspecified atom stereocenters. The highest BCUT2D eigenvalue weighted by Gasteiger charge is 2.46. The maximum atomic E-state index is 11.9. The van der Waals surface area contributed by atoms with Gasteiger partial charge in [0.05, 0.1) is 15.2 Å². The Morgan fingerprint density at radius 2 is 1.73 bits per heavy atom. The minimum Gasteiger partial charge on any atom is -0.481 e. The maximum absolute atomic E-state index is 11.9. The molecule has 44 heavy (non-hydrogen) atoms. The molecule has 0 spiro atoms. The van der Waals surface area contributed by atoms with Crippen molar-refractivity contribution < 1.29 is 27.4 Å². The number of carboxylic acids is 1. The van der Waals surface area contributed by atoms with Crippen molar-refractivity contribution in [1.29, 1.82) is 0 Å². The summed E-state index contributed by atoms with van der Waals surface area (Å²) < 4.78 is 35.8. The third-order valence-electron chi connectivity index (χ3n) is 9.11. The summed E-state index contributed by atoms with van der Waals surface area (Å²) in [5.41, 5.74) is 7.21. The average Bonchev–Trinajstić information content (AvgIpc) is 3.31. The van der Waals surface area contributed by atoms with Crippen LogP contribution in [0.3, 0.4) is 0 Å². The molecule has 2 aromatic rings. The number of likely N-dealkylation sites (N-methyl/N-ethyl adjacent to an activating group) is 1. The predicted molar refractivity (Wildman–Crippen MR) is 182 cm³/mol. The van der Waals surface area contributed by atoms with Gasteiger partial charge in [-0.3, -0.25) is 9.35 Å². The van der Waals surface area contributed by atoms with Crippen molar-refractivity contribution >= 4 is 62.9 Å². The first kappa shape index (κ1) is 32.3. The van der Waals surface area contributed by atoms with E-state index in [1.807, 2.05) is 26.8 Å². The summed E-state index contributed by atoms with van der Waals surface area (Å²) in [6.07, 6.45) is 6.77. The number of hydrogen-bond donors (Lipinski definition) is 3. The van der Waals surface area contributed by atoms with Crippen LogP contribution in [0.2, 0.25) is 0 Å². The van der Waals surface area contributed by atoms with Crippen molar-refractivity contribution in [2.45, 2.75) is 76.0 Å². The smallest absolute Gasteiger partial charge is 0.303 e. The van der Waals surface area contributed by atoms with E-state index in [1.54, 1.807) is 12.1 Å². The van der Waals surface area contributed by atoms with Gasteiger partial charge in [0.15, 0.2) is 5.71 Å². The van der Waals surface area contributed by atoms with E-state index in [0.29, 0.717) is 13.0 Å². The lowest BCUT2D eigenvalue weighted by Gasteiger charge is -2.30. The number of anilines is 1. The van der Waals surface area contributed by atoms with Crippen LogP contribution >= 0.6 is 24.8 Å². The second kappa shape index (κ2) is 11.7. The van der Waals surface area contributed by atoms with Gasteiger partial charge >= 0.3 is 5.97 Å². The molecule has 2 aromatic carbocycles. The molecule has 0 bridgehead atoms. The summed E-state index contributed by atoms with van der Waals surface area (Å²) in [5, 5.41) is 9.02. The second-order valence-corrected chi connectivity index (χ2v) is 14.9. The molecule has 0 fully saturated rings. The van der Waals surface area contributed by atoms with Crippen LogP contribution < -0.4 is 4.90 Å². The molecule has 1 aliphatic carbocycles. The molecule has 232 valence electrons. The number of benzene rings is 2. The van der Waals surface area contributed by atoms with Crippen molar-refractivity contribution in [3.63, 3.8) is 0 Å². The lowest BCUT2D eigenvalue weighted by atomic mass is 9.78. The van der Waals surface area contributed by atoms with Gasteiger partial charge in [-0.25, -0.2) is 0 Å². The van der Waals surface area contributed by atoms with E-state index in [0.717, 1.165) is 68.6 Å². The van der Waals surface area contributed by atoms with Crippen molar-refractivity contribution in [2.75, 3.05) is 18.0 Å². The highest BCUT2D eigenvalue weighted by molar-refractivity contribution is 7.87. The number of rotatable bonds is 10. The fraction of sp³-hybridized carbons (Fsp3) is 0.382. The van der Waals surface area contributed by atoms with E-state index in [4.69, 9.17) is 30.0 Å². The zero-order valence-corrected chi connectivity index (χ0v) is 28.2. The molecule has 7 nitrogen and oxygen atoms in total. The first-order chi connectivity index (χ1) is 20.6. The summed E-state index contributed by atoms with van der Waals surface area (Å²) in [7, 11) is -4.33. The number of unbranched alkanes of at least 4 members (excludes halogenated alkanes) is 2. The number of fused-ring (bicyclic) bond motifs is 2. The molecule has 0 radical (unpaired) electrons. The van der Waals surface area contributed by atoms with Gasteiger partial charge in [0.2, 0.25) is 5.69 Å². The SMILES string of the molecule is CCN1C(=CC2=C(S)C(=CC3=[N+](CCCCCC(=O)O)c4ccccc4C3(C)C)C2=S)C(C)(C)c2cc(S(=O)(=O)O)ccc21. The lowest BCUT2D eigenvalue weighted by molar-refractivity contribution is -0.438. The van der Waals surface area contributed by atoms with Gasteiger partial charge in [-0.05, 0) is 63.5 Å². The van der Waals surface area contributed by atoms with Crippen LogP contribution in [0.4, 0.5) is 11.4 Å². The minimum atomic E-state index is -4.33. The maximum Gasteiger partial charge on any atom is 0.303 e. The molecule has 0 aromatic heterocycles. The summed E-state index contributed by atoms with van der Waals surface area (Å²) in [6.45, 7) is 12.0. The molecule has 5 rings (SSSR count). The first-order valence-corrected chi connectivity index (χ1v) is 17.2. The van der Waals surface area contributed by atoms with Gasteiger partial charge in [0, 0.05) is 69.9 Å². The standard InChI is InChI=1S/C34H38N2O5S3/c1-6-35-27-16-15-21(44(39,40)41)18-25(27)34(4,5)28(35)19-22-31(42)23(32(22)43)20-29-33(2,3)24-12-9-10-13-26(24)36(29)17-11-7-8-14-30(37)38/h9-10,12-13,15-16,18-20H,6-8,11,14,17H2,1-5H3,(H2-,37,38,39,40,41,42,43)/p+1. The van der Waals surface area contributed by atoms with Crippen LogP contribution in [0.25, 0.3) is 0 Å². The van der Waals surface area contributed by atoms with Gasteiger partial charge < -0.3 is 10.0 Å². The minimum absolute atomic E-state index is 0.122. The van der Waals surface area contributed by atoms with Gasteiger partial charge in [-0.1, -0.05) is 44.3 Å². The fourth-order valence-corrected chi connectivity index (χ4v) is 8.00. The Morgan fingerprint density at radius 3 is 2.36 bits per heavy atom. The number of thiocarbonyl (C=S) groups is 1. The molecule has 0 saturated heterocycles. The van der Waals surface area contributed by atoms with Crippen LogP contribution in [0.1, 0.15) is 71.4 Å². The van der Waals surface area contributed by atoms with Crippen LogP contribution in [-0.2, 0) is 25.7 Å². The molecule has 3 aliphatic rings. The zero-order valence-electron chi connectivity index (χ0n) is 25.7. The van der Waals surface area contributed by atoms with E-state index in [1.165, 1.54) is 11.6 Å². The molecular formula is C34H39N2O5S3+. The Bertz CT molecular complexity index is 1810. The number of hydrogen-bond acceptors (Lipinski definition) is 6. The van der Waals surface area contributed by atoms with Gasteiger partial charge in [-0.2, -0.15) is 13.0 Å². The Kier molecular flexibility index (Phi) is 8.61. The monoisotopic (exact) mass is 651 g/mol. The molecule has 2 N–H and O–H groups in total. The molecule has 2 aliphatic heterocycles. The van der Waals surface area contributed by atoms with E-state index in [9.17, 15) is 17.8 Å². The molecular weight excluding hydrogens is 613 g/mol. The number of para-hydroxylation sites is 1. The normalized spacial score (nSPS) is 20.4. The summed E-state index contributed by atoms with van der Waals surface area (Å²) in [6, 6.07) is 13.1. The van der Waals surface area contributed by atoms with E-state index in [2.05, 4.69) is 53.7 Å². The van der Waals surface area contributed by atoms with E-state index < -0.39 is 21.5 Å². The zero-order chi connectivity index (χ0) is 32.2. The van der Waals surface area contributed by atoms with Crippen molar-refractivity contribution in [1.82, 2.24) is 0 Å². The number of aliphatic carboxylic acids is 1. The van der Waals surface area contributed by atoms with Crippen LogP contribution in [0, 0.1) is 0 Å². The van der Waals surface area contributed by atoms with Crippen molar-refractivity contribution in [3.8, 4) is 0 Å². The summed E-state index contributed by atoms with van der Waals surface area (Å²) in [4.78, 5) is 14.5. The van der Waals surface area contributed by atoms with Crippen LogP contribution in [0.5, 0.6) is 0 Å². The predicted octanol–water partition coefficient (Wildman–Crippen LogP) is 7.15. The molecule has 0 saturated carbocycles. The number of carbonyl (C=O) groups is 1. The fourth-order valence-electron chi connectivity index (χ4n) is 6.66. The van der Waals surface area contributed by atoms with Gasteiger partial charge in [0.1, 0.15) is 6.54 Å². The molecule has 10 heteroatoms. The third-order valence-corrected chi connectivity index (χ3v) is 10.9. The third kappa shape index (κ3) is 5.50. The number of thiol groups is 1. The largest absolute Gasteiger partial charge is 0.481 e. The topological polar surface area (TPSA) is 97.9 Å². The van der Waals surface area contributed by atoms with Crippen LogP contribution in [-0.4, -0.2) is 52.3 Å². The Morgan fingerprint density at radius 1 is 1.02 bits per heavy atom. The quantitative estimate of drug-likeness (QED) is 0.0627. The Balaban J connectivity index is 1.52. The second-order valence-electron chi connectivity index (χ2n) is 12.6. The van der Waals surface area contributed by atoms with Gasteiger partial charge in [-0.15, -0.1) is 12.6 Å². The van der Waals surface area contributed by atoms with E-state index >= 15 is 0 Å². The summed E-state index contributed by atoms with van der Waals surface area (Å²) >= 11 is 10.9. The Labute approximate surface area is 270 Å². The Hall–Kier alpha value is -3.05. The van der Waals surface area contributed by atoms with Crippen molar-refractivity contribution in [2.24, 2.45) is 0 Å². The number of allylic oxidation sites excluding steroid dienone is 5. The van der Waals surface area contributed by atoms with E-state index in [-0.39, 0.29) is 16.7 Å². The average molecular weight is 652 g/mol. The van der Waals surface area contributed by atoms with Crippen LogP contribution in [0.15, 0.2) is 81.3 Å². The van der Waals surface area contributed by atoms with Gasteiger partial charge in [0.25, 0.3) is 10.1 Å². The lowest BCUT2D eigenvalue weighted by Crippen LogP contribution is -2.31. The molecule has 0 atom stereocenters. The number of carboxylic acid groups (broad SMARTS) is 1. The summed E-state index contributed by atoms with van der Waals surface area (Å²) in [5.74, 6) is -0.762. The molecule has 2 heterocycles. The van der Waals surface area contributed by atoms with Crippen molar-refractivity contribution in [3.05, 3.63) is 87.5 Å². The first-order valence-electron chi connectivity index (χ1n) is 14.9.